The molecule has 2 N–H and O–H groups in total. The molecule has 0 radical (unpaired) electrons. The van der Waals surface area contributed by atoms with Crippen LogP contribution in [0.4, 0.5) is 5.13 Å². The van der Waals surface area contributed by atoms with E-state index in [4.69, 9.17) is 16.3 Å². The Labute approximate surface area is 195 Å². The van der Waals surface area contributed by atoms with E-state index in [1.165, 1.54) is 0 Å². The van der Waals surface area contributed by atoms with Crippen LogP contribution in [0, 0.1) is 6.92 Å². The molecular weight excluding hydrogens is 472 g/mol. The molecule has 2 aromatic carbocycles. The number of amides is 1. The summed E-state index contributed by atoms with van der Waals surface area (Å²) in [6.07, 6.45) is 0.446. The number of nitrogens with one attached hydrogen (secondary N) is 2. The summed E-state index contributed by atoms with van der Waals surface area (Å²) < 4.78 is 34.6. The third-order valence-corrected chi connectivity index (χ3v) is 7.82. The highest BCUT2D eigenvalue weighted by Gasteiger charge is 2.37. The van der Waals surface area contributed by atoms with E-state index in [-0.39, 0.29) is 9.47 Å². The number of benzene rings is 2. The lowest BCUT2D eigenvalue weighted by Crippen LogP contribution is -2.41. The van der Waals surface area contributed by atoms with Gasteiger partial charge in [0.1, 0.15) is 11.4 Å². The van der Waals surface area contributed by atoms with Gasteiger partial charge in [-0.3, -0.25) is 10.1 Å². The van der Waals surface area contributed by atoms with Gasteiger partial charge in [0.15, 0.2) is 0 Å². The van der Waals surface area contributed by atoms with Crippen molar-refractivity contribution in [1.29, 1.82) is 0 Å². The zero-order valence-corrected chi connectivity index (χ0v) is 19.9. The van der Waals surface area contributed by atoms with Crippen LogP contribution in [0.1, 0.15) is 47.8 Å². The van der Waals surface area contributed by atoms with E-state index in [0.29, 0.717) is 22.8 Å². The molecule has 0 saturated heterocycles. The molecule has 0 fully saturated rings. The Balaban J connectivity index is 1.53. The van der Waals surface area contributed by atoms with Gasteiger partial charge in [0, 0.05) is 22.6 Å². The SMILES string of the molecule is Cc1ccc2c(c1)OC(C)(C)C[C@H]2NS(=O)(=O)c1nnc(NC(=O)c2ccc(Cl)cc2)s1. The Hall–Kier alpha value is -2.53. The number of hydrogen-bond acceptors (Lipinski definition) is 7. The van der Waals surface area contributed by atoms with Crippen molar-refractivity contribution in [2.24, 2.45) is 0 Å². The summed E-state index contributed by atoms with van der Waals surface area (Å²) in [5.41, 5.74) is 1.60. The van der Waals surface area contributed by atoms with E-state index in [9.17, 15) is 13.2 Å². The van der Waals surface area contributed by atoms with Gasteiger partial charge < -0.3 is 4.74 Å². The number of fused-ring (bicyclic) bond motifs is 1. The van der Waals surface area contributed by atoms with Crippen molar-refractivity contribution < 1.29 is 17.9 Å². The second kappa shape index (κ2) is 8.43. The largest absolute Gasteiger partial charge is 0.487 e. The fourth-order valence-corrected chi connectivity index (χ4v) is 5.69. The van der Waals surface area contributed by atoms with Crippen molar-refractivity contribution in [2.45, 2.75) is 43.2 Å². The number of sulfonamides is 1. The highest BCUT2D eigenvalue weighted by Crippen LogP contribution is 2.40. The maximum atomic E-state index is 13.0. The molecule has 1 aliphatic heterocycles. The second-order valence-electron chi connectivity index (χ2n) is 8.12. The molecule has 0 spiro atoms. The van der Waals surface area contributed by atoms with Crippen LogP contribution < -0.4 is 14.8 Å². The summed E-state index contributed by atoms with van der Waals surface area (Å²) in [6.45, 7) is 5.77. The van der Waals surface area contributed by atoms with Crippen LogP contribution in [-0.2, 0) is 10.0 Å². The van der Waals surface area contributed by atoms with Gasteiger partial charge in [-0.05, 0) is 56.7 Å². The zero-order valence-electron chi connectivity index (χ0n) is 17.5. The first-order valence-corrected chi connectivity index (χ1v) is 12.4. The van der Waals surface area contributed by atoms with Gasteiger partial charge in [-0.25, -0.2) is 13.1 Å². The minimum absolute atomic E-state index is 0.0775. The molecule has 1 aliphatic rings. The Morgan fingerprint density at radius 3 is 2.62 bits per heavy atom. The molecule has 8 nitrogen and oxygen atoms in total. The van der Waals surface area contributed by atoms with E-state index in [1.54, 1.807) is 24.3 Å². The molecule has 11 heteroatoms. The number of ether oxygens (including phenoxy) is 1. The van der Waals surface area contributed by atoms with Gasteiger partial charge in [0.25, 0.3) is 15.9 Å². The molecular formula is C21H21ClN4O4S2. The van der Waals surface area contributed by atoms with Crippen molar-refractivity contribution >= 4 is 44.0 Å². The average molecular weight is 493 g/mol. The van der Waals surface area contributed by atoms with E-state index < -0.39 is 27.6 Å². The minimum Gasteiger partial charge on any atom is -0.487 e. The number of aryl methyl sites for hydroxylation is 1. The van der Waals surface area contributed by atoms with Crippen molar-refractivity contribution in [2.75, 3.05) is 5.32 Å². The van der Waals surface area contributed by atoms with Gasteiger partial charge in [-0.1, -0.05) is 35.1 Å². The molecule has 0 bridgehead atoms. The van der Waals surface area contributed by atoms with Crippen LogP contribution in [0.2, 0.25) is 5.02 Å². The third kappa shape index (κ3) is 4.93. The monoisotopic (exact) mass is 492 g/mol. The number of carbonyl (C=O) groups is 1. The molecule has 168 valence electrons. The van der Waals surface area contributed by atoms with Gasteiger partial charge in [0.05, 0.1) is 6.04 Å². The highest BCUT2D eigenvalue weighted by molar-refractivity contribution is 7.91. The number of nitrogens with zero attached hydrogens (tertiary/aromatic N) is 2. The fraction of sp³-hybridized carbons (Fsp3) is 0.286. The number of anilines is 1. The van der Waals surface area contributed by atoms with Crippen molar-refractivity contribution in [3.05, 3.63) is 64.2 Å². The number of halogens is 1. The van der Waals surface area contributed by atoms with Gasteiger partial charge in [0.2, 0.25) is 9.47 Å². The van der Waals surface area contributed by atoms with E-state index in [0.717, 1.165) is 22.5 Å². The van der Waals surface area contributed by atoms with Crippen molar-refractivity contribution in [3.63, 3.8) is 0 Å². The number of aromatic nitrogens is 2. The molecule has 32 heavy (non-hydrogen) atoms. The molecule has 3 aromatic rings. The Morgan fingerprint density at radius 1 is 1.19 bits per heavy atom. The molecule has 2 heterocycles. The average Bonchev–Trinajstić information content (AvgIpc) is 3.16. The first-order valence-electron chi connectivity index (χ1n) is 9.75. The Kier molecular flexibility index (Phi) is 5.97. The highest BCUT2D eigenvalue weighted by atomic mass is 35.5. The molecule has 1 atom stereocenters. The van der Waals surface area contributed by atoms with E-state index >= 15 is 0 Å². The lowest BCUT2D eigenvalue weighted by Gasteiger charge is -2.37. The van der Waals surface area contributed by atoms with Gasteiger partial charge in [-0.2, -0.15) is 0 Å². The maximum Gasteiger partial charge on any atom is 0.270 e. The van der Waals surface area contributed by atoms with Crippen LogP contribution in [0.25, 0.3) is 0 Å². The first kappa shape index (κ1) is 22.7. The van der Waals surface area contributed by atoms with Crippen LogP contribution in [0.15, 0.2) is 46.8 Å². The van der Waals surface area contributed by atoms with Crippen LogP contribution in [0.5, 0.6) is 5.75 Å². The van der Waals surface area contributed by atoms with Crippen LogP contribution in [0.3, 0.4) is 0 Å². The lowest BCUT2D eigenvalue weighted by molar-refractivity contribution is 0.0701. The molecule has 0 unspecified atom stereocenters. The fourth-order valence-electron chi connectivity index (χ4n) is 3.44. The second-order valence-corrected chi connectivity index (χ2v) is 11.4. The van der Waals surface area contributed by atoms with Crippen molar-refractivity contribution in [1.82, 2.24) is 14.9 Å². The van der Waals surface area contributed by atoms with E-state index in [1.807, 2.05) is 39.0 Å². The summed E-state index contributed by atoms with van der Waals surface area (Å²) in [7, 11) is -3.98. The van der Waals surface area contributed by atoms with Crippen LogP contribution in [-0.4, -0.2) is 30.1 Å². The Morgan fingerprint density at radius 2 is 1.91 bits per heavy atom. The molecule has 0 aliphatic carbocycles. The maximum absolute atomic E-state index is 13.0. The summed E-state index contributed by atoms with van der Waals surface area (Å²) >= 11 is 6.61. The molecule has 0 saturated carbocycles. The topological polar surface area (TPSA) is 110 Å². The predicted molar refractivity (Wildman–Crippen MR) is 123 cm³/mol. The van der Waals surface area contributed by atoms with E-state index in [2.05, 4.69) is 20.2 Å². The first-order chi connectivity index (χ1) is 15.0. The third-order valence-electron chi connectivity index (χ3n) is 4.89. The Bertz CT molecular complexity index is 1270. The lowest BCUT2D eigenvalue weighted by atomic mass is 9.90. The standard InChI is InChI=1S/C21H21ClN4O4S2/c1-12-4-9-15-16(11-21(2,3)30-17(15)10-12)26-32(28,29)20-25-24-19(31-20)23-18(27)13-5-7-14(22)8-6-13/h4-10,16,26H,11H2,1-3H3,(H,23,24,27)/t16-/m1/s1. The summed E-state index contributed by atoms with van der Waals surface area (Å²) in [6, 6.07) is 11.5. The summed E-state index contributed by atoms with van der Waals surface area (Å²) in [5.74, 6) is 0.215. The zero-order chi connectivity index (χ0) is 23.1. The smallest absolute Gasteiger partial charge is 0.270 e. The van der Waals surface area contributed by atoms with Gasteiger partial charge in [-0.15, -0.1) is 10.2 Å². The molecule has 1 aromatic heterocycles. The predicted octanol–water partition coefficient (Wildman–Crippen LogP) is 4.33. The summed E-state index contributed by atoms with van der Waals surface area (Å²) in [4.78, 5) is 12.3. The van der Waals surface area contributed by atoms with Crippen LogP contribution >= 0.6 is 22.9 Å². The summed E-state index contributed by atoms with van der Waals surface area (Å²) in [5, 5.41) is 10.7. The number of hydrogen-bond donors (Lipinski definition) is 2. The quantitative estimate of drug-likeness (QED) is 0.513. The minimum atomic E-state index is -3.98. The number of carbonyl (C=O) groups excluding carboxylic acids is 1. The number of rotatable bonds is 5. The van der Waals surface area contributed by atoms with Gasteiger partial charge >= 0.3 is 0 Å². The normalized spacial score (nSPS) is 17.3. The van der Waals surface area contributed by atoms with Crippen molar-refractivity contribution in [3.8, 4) is 5.75 Å². The molecule has 4 rings (SSSR count). The molecule has 1 amide bonds.